The molecular formula is C26H45. The van der Waals surface area contributed by atoms with Crippen molar-refractivity contribution < 1.29 is 0 Å². The first-order valence-electron chi connectivity index (χ1n) is 12.8. The molecule has 26 heavy (non-hydrogen) atoms. The van der Waals surface area contributed by atoms with Gasteiger partial charge < -0.3 is 0 Å². The second-order valence-electron chi connectivity index (χ2n) is 10.5. The molecule has 1 radical (unpaired) electrons. The number of hydrogen-bond acceptors (Lipinski definition) is 0. The van der Waals surface area contributed by atoms with Crippen molar-refractivity contribution in [2.75, 3.05) is 0 Å². The minimum Gasteiger partial charge on any atom is -0.0533 e. The average molecular weight is 358 g/mol. The molecule has 0 saturated heterocycles. The van der Waals surface area contributed by atoms with Crippen molar-refractivity contribution in [3.63, 3.8) is 0 Å². The van der Waals surface area contributed by atoms with Crippen LogP contribution in [0.25, 0.3) is 0 Å². The zero-order valence-corrected chi connectivity index (χ0v) is 17.6. The van der Waals surface area contributed by atoms with Crippen LogP contribution >= 0.6 is 0 Å². The van der Waals surface area contributed by atoms with E-state index >= 15 is 0 Å². The topological polar surface area (TPSA) is 0 Å². The third kappa shape index (κ3) is 4.20. The third-order valence-corrected chi connectivity index (χ3v) is 9.15. The van der Waals surface area contributed by atoms with Crippen molar-refractivity contribution in [2.45, 2.75) is 135 Å². The normalized spacial score (nSPS) is 33.5. The fraction of sp³-hybridized carbons (Fsp3) is 0.962. The SMILES string of the molecule is C1CCCC(C2CCCC2)[C](C2(C3CCCCC3)CCCCCC2)CC1. The molecule has 1 unspecified atom stereocenters. The van der Waals surface area contributed by atoms with Gasteiger partial charge in [0.2, 0.25) is 0 Å². The largest absolute Gasteiger partial charge is 0.0533 e. The van der Waals surface area contributed by atoms with Gasteiger partial charge in [0.15, 0.2) is 0 Å². The van der Waals surface area contributed by atoms with Crippen LogP contribution in [0.2, 0.25) is 0 Å². The van der Waals surface area contributed by atoms with E-state index in [4.69, 9.17) is 0 Å². The highest BCUT2D eigenvalue weighted by atomic mass is 14.5. The molecule has 0 aromatic heterocycles. The molecular weight excluding hydrogens is 312 g/mol. The van der Waals surface area contributed by atoms with E-state index in [9.17, 15) is 0 Å². The predicted molar refractivity (Wildman–Crippen MR) is 113 cm³/mol. The molecule has 4 fully saturated rings. The average Bonchev–Trinajstić information content (AvgIpc) is 3.07. The van der Waals surface area contributed by atoms with Crippen LogP contribution < -0.4 is 0 Å². The molecule has 0 aliphatic heterocycles. The number of hydrogen-bond donors (Lipinski definition) is 0. The lowest BCUT2D eigenvalue weighted by Crippen LogP contribution is -2.43. The van der Waals surface area contributed by atoms with E-state index in [1.54, 1.807) is 44.9 Å². The van der Waals surface area contributed by atoms with Crippen LogP contribution in [0.4, 0.5) is 0 Å². The second-order valence-corrected chi connectivity index (χ2v) is 10.5. The van der Waals surface area contributed by atoms with Gasteiger partial charge in [0, 0.05) is 0 Å². The van der Waals surface area contributed by atoms with Gasteiger partial charge in [0.1, 0.15) is 0 Å². The number of rotatable bonds is 3. The smallest absolute Gasteiger partial charge is 0.0143 e. The summed E-state index contributed by atoms with van der Waals surface area (Å²) in [5, 5.41) is 0. The fourth-order valence-corrected chi connectivity index (χ4v) is 7.90. The molecule has 4 saturated carbocycles. The summed E-state index contributed by atoms with van der Waals surface area (Å²) in [6.07, 6.45) is 32.4. The minimum absolute atomic E-state index is 0.682. The lowest BCUT2D eigenvalue weighted by Gasteiger charge is -2.52. The van der Waals surface area contributed by atoms with E-state index < -0.39 is 0 Å². The van der Waals surface area contributed by atoms with E-state index in [-0.39, 0.29) is 0 Å². The van der Waals surface area contributed by atoms with Gasteiger partial charge in [-0.1, -0.05) is 96.3 Å². The standard InChI is InChI=1S/C26H45/c1-2-9-19-25(24(18-8-1)22-14-10-11-15-22)26(20-12-3-4-13-21-26)23-16-6-5-7-17-23/h22-24H,1-21H2. The van der Waals surface area contributed by atoms with Gasteiger partial charge in [-0.3, -0.25) is 0 Å². The van der Waals surface area contributed by atoms with Crippen molar-refractivity contribution in [2.24, 2.45) is 23.2 Å². The maximum Gasteiger partial charge on any atom is -0.0143 e. The second kappa shape index (κ2) is 9.47. The lowest BCUT2D eigenvalue weighted by molar-refractivity contribution is 0.0660. The maximum atomic E-state index is 2.18. The molecule has 0 N–H and O–H groups in total. The monoisotopic (exact) mass is 357 g/mol. The summed E-state index contributed by atoms with van der Waals surface area (Å²) in [6.45, 7) is 0. The van der Waals surface area contributed by atoms with E-state index in [1.807, 2.05) is 0 Å². The Balaban J connectivity index is 1.64. The van der Waals surface area contributed by atoms with Gasteiger partial charge in [-0.25, -0.2) is 0 Å². The van der Waals surface area contributed by atoms with E-state index in [0.29, 0.717) is 5.41 Å². The molecule has 0 amide bonds. The van der Waals surface area contributed by atoms with Crippen LogP contribution in [-0.4, -0.2) is 0 Å². The van der Waals surface area contributed by atoms with E-state index in [1.165, 1.54) is 89.9 Å². The third-order valence-electron chi connectivity index (χ3n) is 9.15. The van der Waals surface area contributed by atoms with Gasteiger partial charge in [-0.2, -0.15) is 0 Å². The zero-order valence-electron chi connectivity index (χ0n) is 17.6. The Morgan fingerprint density at radius 1 is 0.500 bits per heavy atom. The Kier molecular flexibility index (Phi) is 7.04. The van der Waals surface area contributed by atoms with Crippen LogP contribution in [0.1, 0.15) is 135 Å². The van der Waals surface area contributed by atoms with Gasteiger partial charge in [0.25, 0.3) is 0 Å². The van der Waals surface area contributed by atoms with Crippen LogP contribution in [0.3, 0.4) is 0 Å². The van der Waals surface area contributed by atoms with Crippen LogP contribution in [0.15, 0.2) is 0 Å². The maximum absolute atomic E-state index is 2.18. The molecule has 0 heterocycles. The van der Waals surface area contributed by atoms with Crippen molar-refractivity contribution in [3.8, 4) is 0 Å². The molecule has 0 aromatic rings. The highest BCUT2D eigenvalue weighted by Gasteiger charge is 2.49. The Hall–Kier alpha value is 0. The summed E-state index contributed by atoms with van der Waals surface area (Å²) >= 11 is 0. The van der Waals surface area contributed by atoms with Crippen molar-refractivity contribution in [1.29, 1.82) is 0 Å². The molecule has 0 spiro atoms. The molecule has 149 valence electrons. The first-order valence-corrected chi connectivity index (χ1v) is 12.8. The Morgan fingerprint density at radius 3 is 1.77 bits per heavy atom. The Labute approximate surface area is 164 Å². The van der Waals surface area contributed by atoms with Crippen molar-refractivity contribution in [3.05, 3.63) is 5.92 Å². The highest BCUT2D eigenvalue weighted by molar-refractivity contribution is 5.15. The van der Waals surface area contributed by atoms with Crippen LogP contribution in [0.5, 0.6) is 0 Å². The van der Waals surface area contributed by atoms with E-state index in [0.717, 1.165) is 17.8 Å². The summed E-state index contributed by atoms with van der Waals surface area (Å²) in [4.78, 5) is 0. The first-order chi connectivity index (χ1) is 12.9. The quantitative estimate of drug-likeness (QED) is 0.443. The summed E-state index contributed by atoms with van der Waals surface area (Å²) in [5.41, 5.74) is 0.682. The highest BCUT2D eigenvalue weighted by Crippen LogP contribution is 2.59. The lowest BCUT2D eigenvalue weighted by atomic mass is 9.52. The molecule has 1 atom stereocenters. The van der Waals surface area contributed by atoms with Gasteiger partial charge in [0.05, 0.1) is 0 Å². The Morgan fingerprint density at radius 2 is 1.04 bits per heavy atom. The summed E-state index contributed by atoms with van der Waals surface area (Å²) in [5.74, 6) is 5.34. The summed E-state index contributed by atoms with van der Waals surface area (Å²) in [6, 6.07) is 0. The van der Waals surface area contributed by atoms with Crippen molar-refractivity contribution >= 4 is 0 Å². The molecule has 0 heteroatoms. The first kappa shape index (κ1) is 19.3. The summed E-state index contributed by atoms with van der Waals surface area (Å²) < 4.78 is 0. The Bertz CT molecular complexity index is 390. The minimum atomic E-state index is 0.682. The molecule has 0 aromatic carbocycles. The van der Waals surface area contributed by atoms with Gasteiger partial charge >= 0.3 is 0 Å². The van der Waals surface area contributed by atoms with Crippen LogP contribution in [-0.2, 0) is 0 Å². The molecule has 0 nitrogen and oxygen atoms in total. The van der Waals surface area contributed by atoms with Gasteiger partial charge in [-0.05, 0) is 67.6 Å². The zero-order chi connectivity index (χ0) is 17.7. The fourth-order valence-electron chi connectivity index (χ4n) is 7.90. The summed E-state index contributed by atoms with van der Waals surface area (Å²) in [7, 11) is 0. The molecule has 0 bridgehead atoms. The molecule has 4 aliphatic rings. The molecule has 4 rings (SSSR count). The molecule has 4 aliphatic carbocycles. The van der Waals surface area contributed by atoms with Gasteiger partial charge in [-0.15, -0.1) is 0 Å². The van der Waals surface area contributed by atoms with E-state index in [2.05, 4.69) is 5.92 Å². The predicted octanol–water partition coefficient (Wildman–Crippen LogP) is 8.64. The van der Waals surface area contributed by atoms with Crippen LogP contribution in [0, 0.1) is 29.1 Å². The van der Waals surface area contributed by atoms with Crippen molar-refractivity contribution in [1.82, 2.24) is 0 Å².